The summed E-state index contributed by atoms with van der Waals surface area (Å²) in [4.78, 5) is 36.4. The van der Waals surface area contributed by atoms with E-state index < -0.39 is 17.6 Å². The van der Waals surface area contributed by atoms with Gasteiger partial charge in [0, 0.05) is 63.0 Å². The molecule has 0 bridgehead atoms. The molecule has 2 amide bonds. The molecule has 5 rings (SSSR count). The number of likely N-dealkylation sites (N-methyl/N-ethyl adjacent to an activating group) is 1. The molecule has 0 saturated carbocycles. The number of fused-ring (bicyclic) bond motifs is 1. The Hall–Kier alpha value is -4.42. The molecule has 1 aliphatic heterocycles. The Morgan fingerprint density at radius 1 is 0.953 bits per heavy atom. The van der Waals surface area contributed by atoms with Crippen molar-refractivity contribution in [3.8, 4) is 0 Å². The molecule has 1 fully saturated rings. The summed E-state index contributed by atoms with van der Waals surface area (Å²) in [5.41, 5.74) is 3.37. The number of H-pyrrole nitrogens is 1. The van der Waals surface area contributed by atoms with Crippen LogP contribution in [-0.4, -0.2) is 71.9 Å². The van der Waals surface area contributed by atoms with Gasteiger partial charge in [-0.05, 0) is 67.1 Å². The first kappa shape index (κ1) is 30.1. The minimum absolute atomic E-state index is 0.0586. The number of aryl methyl sites for hydroxylation is 1. The van der Waals surface area contributed by atoms with Crippen LogP contribution in [0.25, 0.3) is 11.0 Å². The van der Waals surface area contributed by atoms with E-state index >= 15 is 0 Å². The summed E-state index contributed by atoms with van der Waals surface area (Å²) < 4.78 is 42.0. The third-order valence-corrected chi connectivity index (χ3v) is 7.70. The maximum absolute atomic E-state index is 14.0. The summed E-state index contributed by atoms with van der Waals surface area (Å²) in [6.45, 7) is 5.51. The highest BCUT2D eigenvalue weighted by Gasteiger charge is 2.34. The van der Waals surface area contributed by atoms with Gasteiger partial charge in [0.25, 0.3) is 11.8 Å². The largest absolute Gasteiger partial charge is 0.416 e. The summed E-state index contributed by atoms with van der Waals surface area (Å²) in [6.07, 6.45) is -2.93. The molecule has 0 aliphatic carbocycles. The Labute approximate surface area is 247 Å². The molecule has 0 unspecified atom stereocenters. The molecule has 226 valence electrons. The predicted molar refractivity (Wildman–Crippen MR) is 160 cm³/mol. The second-order valence-electron chi connectivity index (χ2n) is 10.8. The predicted octanol–water partition coefficient (Wildman–Crippen LogP) is 4.86. The van der Waals surface area contributed by atoms with Gasteiger partial charge < -0.3 is 25.8 Å². The topological polar surface area (TPSA) is 105 Å². The summed E-state index contributed by atoms with van der Waals surface area (Å²) >= 11 is 0. The van der Waals surface area contributed by atoms with Crippen LogP contribution in [0.15, 0.2) is 54.7 Å². The minimum Gasteiger partial charge on any atom is -0.380 e. The third kappa shape index (κ3) is 7.15. The van der Waals surface area contributed by atoms with Gasteiger partial charge in [-0.15, -0.1) is 0 Å². The Kier molecular flexibility index (Phi) is 8.69. The van der Waals surface area contributed by atoms with E-state index in [4.69, 9.17) is 0 Å². The lowest BCUT2D eigenvalue weighted by atomic mass is 10.0. The third-order valence-electron chi connectivity index (χ3n) is 7.70. The molecule has 12 heteroatoms. The summed E-state index contributed by atoms with van der Waals surface area (Å²) in [5, 5.41) is 9.39. The van der Waals surface area contributed by atoms with Crippen LogP contribution in [-0.2, 0) is 19.3 Å². The number of halogens is 3. The molecule has 0 atom stereocenters. The van der Waals surface area contributed by atoms with Crippen LogP contribution in [0.1, 0.15) is 43.1 Å². The van der Waals surface area contributed by atoms with Crippen LogP contribution in [0.2, 0.25) is 0 Å². The smallest absolute Gasteiger partial charge is 0.380 e. The molecule has 0 radical (unpaired) electrons. The van der Waals surface area contributed by atoms with Crippen molar-refractivity contribution in [3.63, 3.8) is 0 Å². The number of hydrogen-bond donors (Lipinski definition) is 4. The SMILES string of the molecule is CNC(=O)c1cc2cc(NCc3cc(NC(=O)c4ccc(CN5CCN(C)CC5)c(C(F)(F)F)c4)ccc3C)cnc2[nH]1. The molecule has 1 saturated heterocycles. The lowest BCUT2D eigenvalue weighted by molar-refractivity contribution is -0.138. The highest BCUT2D eigenvalue weighted by molar-refractivity contribution is 6.04. The fourth-order valence-electron chi connectivity index (χ4n) is 5.08. The van der Waals surface area contributed by atoms with Gasteiger partial charge >= 0.3 is 6.18 Å². The van der Waals surface area contributed by atoms with Gasteiger partial charge in [-0.3, -0.25) is 14.5 Å². The Morgan fingerprint density at radius 3 is 2.44 bits per heavy atom. The van der Waals surface area contributed by atoms with Crippen LogP contribution >= 0.6 is 0 Å². The molecule has 1 aliphatic rings. The number of nitrogens with zero attached hydrogens (tertiary/aromatic N) is 3. The highest BCUT2D eigenvalue weighted by Crippen LogP contribution is 2.34. The average molecular weight is 594 g/mol. The second-order valence-corrected chi connectivity index (χ2v) is 10.8. The second kappa shape index (κ2) is 12.4. The number of anilines is 2. The van der Waals surface area contributed by atoms with Crippen molar-refractivity contribution in [3.05, 3.63) is 88.2 Å². The molecule has 3 heterocycles. The van der Waals surface area contributed by atoms with E-state index in [0.717, 1.165) is 41.4 Å². The van der Waals surface area contributed by atoms with Crippen molar-refractivity contribution in [1.82, 2.24) is 25.1 Å². The van der Waals surface area contributed by atoms with E-state index in [1.807, 2.05) is 31.0 Å². The lowest BCUT2D eigenvalue weighted by Crippen LogP contribution is -2.44. The van der Waals surface area contributed by atoms with Gasteiger partial charge in [-0.1, -0.05) is 12.1 Å². The fraction of sp³-hybridized carbons (Fsp3) is 0.323. The maximum atomic E-state index is 14.0. The first-order chi connectivity index (χ1) is 20.5. The van der Waals surface area contributed by atoms with Crippen LogP contribution < -0.4 is 16.0 Å². The molecule has 0 spiro atoms. The summed E-state index contributed by atoms with van der Waals surface area (Å²) in [5.74, 6) is -0.855. The zero-order valence-electron chi connectivity index (χ0n) is 24.2. The van der Waals surface area contributed by atoms with Gasteiger partial charge in [-0.25, -0.2) is 4.98 Å². The zero-order chi connectivity index (χ0) is 30.7. The van der Waals surface area contributed by atoms with Gasteiger partial charge in [0.1, 0.15) is 11.3 Å². The first-order valence-corrected chi connectivity index (χ1v) is 14.0. The number of piperazine rings is 1. The van der Waals surface area contributed by atoms with Gasteiger partial charge in [-0.2, -0.15) is 13.2 Å². The average Bonchev–Trinajstić information content (AvgIpc) is 3.41. The molecule has 9 nitrogen and oxygen atoms in total. The van der Waals surface area contributed by atoms with Gasteiger partial charge in [0.05, 0.1) is 17.4 Å². The summed E-state index contributed by atoms with van der Waals surface area (Å²) in [6, 6.07) is 12.7. The zero-order valence-corrected chi connectivity index (χ0v) is 24.2. The number of carbonyl (C=O) groups excluding carboxylic acids is 2. The molecular formula is C31H34F3N7O2. The number of aromatic amines is 1. The lowest BCUT2D eigenvalue weighted by Gasteiger charge is -2.33. The molecule has 43 heavy (non-hydrogen) atoms. The van der Waals surface area contributed by atoms with Crippen LogP contribution in [0, 0.1) is 6.92 Å². The van der Waals surface area contributed by atoms with Crippen LogP contribution in [0.5, 0.6) is 0 Å². The molecule has 2 aromatic heterocycles. The van der Waals surface area contributed by atoms with E-state index in [9.17, 15) is 22.8 Å². The van der Waals surface area contributed by atoms with E-state index in [-0.39, 0.29) is 23.6 Å². The van der Waals surface area contributed by atoms with Crippen molar-refractivity contribution in [2.75, 3.05) is 50.9 Å². The number of hydrogen-bond acceptors (Lipinski definition) is 6. The normalized spacial score (nSPS) is 14.6. The molecular weight excluding hydrogens is 559 g/mol. The number of carbonyl (C=O) groups is 2. The number of aromatic nitrogens is 2. The van der Waals surface area contributed by atoms with Crippen molar-refractivity contribution < 1.29 is 22.8 Å². The quantitative estimate of drug-likeness (QED) is 0.233. The number of nitrogens with one attached hydrogen (secondary N) is 4. The number of alkyl halides is 3. The van der Waals surface area contributed by atoms with E-state index in [1.165, 1.54) is 12.1 Å². The van der Waals surface area contributed by atoms with Crippen molar-refractivity contribution in [1.29, 1.82) is 0 Å². The first-order valence-electron chi connectivity index (χ1n) is 14.0. The maximum Gasteiger partial charge on any atom is 0.416 e. The van der Waals surface area contributed by atoms with Gasteiger partial charge in [0.15, 0.2) is 0 Å². The van der Waals surface area contributed by atoms with Crippen molar-refractivity contribution in [2.24, 2.45) is 0 Å². The molecule has 2 aromatic carbocycles. The van der Waals surface area contributed by atoms with Gasteiger partial charge in [0.2, 0.25) is 0 Å². The number of rotatable bonds is 8. The number of pyridine rings is 1. The van der Waals surface area contributed by atoms with E-state index in [2.05, 4.69) is 30.8 Å². The van der Waals surface area contributed by atoms with Crippen LogP contribution in [0.4, 0.5) is 24.5 Å². The fourth-order valence-corrected chi connectivity index (χ4v) is 5.08. The monoisotopic (exact) mass is 593 g/mol. The molecule has 4 aromatic rings. The number of amides is 2. The summed E-state index contributed by atoms with van der Waals surface area (Å²) in [7, 11) is 3.55. The standard InChI is InChI=1S/C31H34F3N7O2/c1-19-4-7-24(13-23(19)16-36-25-12-22-15-27(30(43)35-2)39-28(22)37-17-25)38-29(42)20-5-6-21(26(14-20)31(32,33)34)18-41-10-8-40(3)9-11-41/h4-7,12-15,17,36H,8-11,16,18H2,1-3H3,(H,35,43)(H,37,39)(H,38,42). The Bertz CT molecular complexity index is 1640. The van der Waals surface area contributed by atoms with Crippen molar-refractivity contribution in [2.45, 2.75) is 26.2 Å². The van der Waals surface area contributed by atoms with E-state index in [0.29, 0.717) is 36.7 Å². The van der Waals surface area contributed by atoms with E-state index in [1.54, 1.807) is 31.4 Å². The van der Waals surface area contributed by atoms with Crippen molar-refractivity contribution >= 4 is 34.2 Å². The van der Waals surface area contributed by atoms with Crippen LogP contribution in [0.3, 0.4) is 0 Å². The minimum atomic E-state index is -4.58. The number of benzene rings is 2. The Balaban J connectivity index is 1.27. The highest BCUT2D eigenvalue weighted by atomic mass is 19.4. The molecule has 4 N–H and O–H groups in total. The Morgan fingerprint density at radius 2 is 1.72 bits per heavy atom.